The van der Waals surface area contributed by atoms with E-state index in [1.807, 2.05) is 67.1 Å². The molecule has 1 unspecified atom stereocenters. The van der Waals surface area contributed by atoms with Crippen LogP contribution in [0.2, 0.25) is 0 Å². The lowest BCUT2D eigenvalue weighted by Crippen LogP contribution is -2.31. The van der Waals surface area contributed by atoms with Gasteiger partial charge in [-0.05, 0) is 49.1 Å². The smallest absolute Gasteiger partial charge is 0.290 e. The van der Waals surface area contributed by atoms with Gasteiger partial charge in [-0.2, -0.15) is 0 Å². The molecule has 156 valence electrons. The number of aromatic nitrogens is 2. The molecule has 2 aromatic heterocycles. The zero-order chi connectivity index (χ0) is 21.5. The van der Waals surface area contributed by atoms with Gasteiger partial charge in [0.05, 0.1) is 23.3 Å². The van der Waals surface area contributed by atoms with Crippen LogP contribution >= 0.6 is 0 Å². The van der Waals surface area contributed by atoms with E-state index in [0.717, 1.165) is 29.7 Å². The van der Waals surface area contributed by atoms with E-state index >= 15 is 0 Å². The number of nitrogens with zero attached hydrogens (tertiary/aromatic N) is 3. The lowest BCUT2D eigenvalue weighted by atomic mass is 9.97. The van der Waals surface area contributed by atoms with Crippen LogP contribution in [0, 0.1) is 13.8 Å². The average Bonchev–Trinajstić information content (AvgIpc) is 3.38. The van der Waals surface area contributed by atoms with Gasteiger partial charge in [0.2, 0.25) is 5.76 Å². The molecular weight excluding hydrogens is 390 g/mol. The molecule has 1 amide bonds. The van der Waals surface area contributed by atoms with Crippen molar-refractivity contribution in [3.05, 3.63) is 99.4 Å². The number of amides is 1. The van der Waals surface area contributed by atoms with Crippen molar-refractivity contribution in [2.24, 2.45) is 0 Å². The van der Waals surface area contributed by atoms with Gasteiger partial charge >= 0.3 is 0 Å². The largest absolute Gasteiger partial charge is 0.450 e. The first-order valence-corrected chi connectivity index (χ1v) is 10.4. The highest BCUT2D eigenvalue weighted by molar-refractivity contribution is 5.99. The van der Waals surface area contributed by atoms with Gasteiger partial charge in [0.15, 0.2) is 5.43 Å². The number of carbonyl (C=O) groups is 1. The van der Waals surface area contributed by atoms with Crippen molar-refractivity contribution in [1.29, 1.82) is 0 Å². The van der Waals surface area contributed by atoms with Crippen molar-refractivity contribution in [2.75, 3.05) is 6.54 Å². The molecule has 1 aliphatic heterocycles. The third-order valence-corrected chi connectivity index (χ3v) is 6.07. The zero-order valence-corrected chi connectivity index (χ0v) is 17.5. The first-order chi connectivity index (χ1) is 15.0. The predicted octanol–water partition coefficient (Wildman–Crippen LogP) is 4.24. The van der Waals surface area contributed by atoms with Crippen molar-refractivity contribution in [3.8, 4) is 0 Å². The fourth-order valence-electron chi connectivity index (χ4n) is 4.33. The number of benzene rings is 2. The normalized spacial score (nSPS) is 15.6. The van der Waals surface area contributed by atoms with E-state index in [-0.39, 0.29) is 17.1 Å². The molecule has 0 bridgehead atoms. The Hall–Kier alpha value is -3.67. The number of hydrogen-bond donors (Lipinski definition) is 0. The van der Waals surface area contributed by atoms with Crippen LogP contribution < -0.4 is 5.43 Å². The van der Waals surface area contributed by atoms with Crippen LogP contribution in [0.15, 0.2) is 70.4 Å². The first kappa shape index (κ1) is 19.3. The van der Waals surface area contributed by atoms with E-state index in [2.05, 4.69) is 4.98 Å². The summed E-state index contributed by atoms with van der Waals surface area (Å²) in [6.07, 6.45) is 6.14. The van der Waals surface area contributed by atoms with Crippen molar-refractivity contribution in [2.45, 2.75) is 32.9 Å². The fourth-order valence-corrected chi connectivity index (χ4v) is 4.33. The van der Waals surface area contributed by atoms with E-state index in [1.165, 1.54) is 0 Å². The predicted molar refractivity (Wildman–Crippen MR) is 118 cm³/mol. The molecule has 0 spiro atoms. The summed E-state index contributed by atoms with van der Waals surface area (Å²) in [5, 5.41) is 0.524. The lowest BCUT2D eigenvalue weighted by Gasteiger charge is -2.25. The number of aryl methyl sites for hydroxylation is 3. The van der Waals surface area contributed by atoms with Gasteiger partial charge in [-0.15, -0.1) is 0 Å². The van der Waals surface area contributed by atoms with E-state index in [0.29, 0.717) is 23.1 Å². The minimum Gasteiger partial charge on any atom is -0.450 e. The van der Waals surface area contributed by atoms with Crippen LogP contribution in [0.5, 0.6) is 0 Å². The van der Waals surface area contributed by atoms with E-state index in [1.54, 1.807) is 17.4 Å². The molecule has 31 heavy (non-hydrogen) atoms. The average molecular weight is 413 g/mol. The van der Waals surface area contributed by atoms with Crippen LogP contribution in [-0.4, -0.2) is 26.9 Å². The van der Waals surface area contributed by atoms with E-state index < -0.39 is 6.04 Å². The molecule has 1 atom stereocenters. The van der Waals surface area contributed by atoms with Gasteiger partial charge in [0, 0.05) is 25.5 Å². The molecule has 0 saturated carbocycles. The molecule has 0 radical (unpaired) electrons. The number of imidazole rings is 1. The third kappa shape index (κ3) is 3.24. The van der Waals surface area contributed by atoms with Crippen LogP contribution in [0.3, 0.4) is 0 Å². The Kier molecular flexibility index (Phi) is 4.70. The monoisotopic (exact) mass is 413 g/mol. The number of rotatable bonds is 5. The van der Waals surface area contributed by atoms with E-state index in [9.17, 15) is 9.59 Å². The second kappa shape index (κ2) is 7.54. The van der Waals surface area contributed by atoms with Gasteiger partial charge in [0.1, 0.15) is 5.58 Å². The van der Waals surface area contributed by atoms with Gasteiger partial charge in [-0.3, -0.25) is 9.59 Å². The minimum absolute atomic E-state index is 0.126. The Morgan fingerprint density at radius 3 is 2.55 bits per heavy atom. The Morgan fingerprint density at radius 1 is 1.03 bits per heavy atom. The third-order valence-electron chi connectivity index (χ3n) is 6.07. The Bertz CT molecular complexity index is 1320. The summed E-state index contributed by atoms with van der Waals surface area (Å²) in [6, 6.07) is 13.0. The summed E-state index contributed by atoms with van der Waals surface area (Å²) >= 11 is 0. The molecule has 0 aliphatic carbocycles. The van der Waals surface area contributed by atoms with Crippen molar-refractivity contribution < 1.29 is 9.21 Å². The standard InChI is InChI=1S/C25H23N3O3/c1-16-13-19-20(14-17(16)2)31-24-21(23(19)29)22(18-7-4-3-5-8-18)28(25(24)30)11-6-10-27-12-9-26-15-27/h3-5,7-9,12-15,22H,6,10-11H2,1-2H3. The fraction of sp³-hybridized carbons (Fsp3) is 0.240. The topological polar surface area (TPSA) is 68.3 Å². The van der Waals surface area contributed by atoms with Crippen molar-refractivity contribution in [3.63, 3.8) is 0 Å². The SMILES string of the molecule is Cc1cc2oc3c(c(=O)c2cc1C)C(c1ccccc1)N(CCCn1ccnc1)C3=O. The summed E-state index contributed by atoms with van der Waals surface area (Å²) in [4.78, 5) is 32.8. The molecule has 0 saturated heterocycles. The summed E-state index contributed by atoms with van der Waals surface area (Å²) in [7, 11) is 0. The Balaban J connectivity index is 1.61. The van der Waals surface area contributed by atoms with Crippen molar-refractivity contribution in [1.82, 2.24) is 14.5 Å². The number of hydrogen-bond acceptors (Lipinski definition) is 4. The van der Waals surface area contributed by atoms with Crippen molar-refractivity contribution >= 4 is 16.9 Å². The van der Waals surface area contributed by atoms with Crippen LogP contribution in [-0.2, 0) is 6.54 Å². The van der Waals surface area contributed by atoms with Crippen LogP contribution in [0.25, 0.3) is 11.0 Å². The summed E-state index contributed by atoms with van der Waals surface area (Å²) < 4.78 is 8.04. The zero-order valence-electron chi connectivity index (χ0n) is 17.5. The number of fused-ring (bicyclic) bond motifs is 2. The van der Waals surface area contributed by atoms with Gasteiger partial charge in [-0.1, -0.05) is 30.3 Å². The molecule has 4 aromatic rings. The number of carbonyl (C=O) groups excluding carboxylic acids is 1. The lowest BCUT2D eigenvalue weighted by molar-refractivity contribution is 0.0723. The summed E-state index contributed by atoms with van der Waals surface area (Å²) in [6.45, 7) is 5.20. The highest BCUT2D eigenvalue weighted by Crippen LogP contribution is 2.38. The quantitative estimate of drug-likeness (QED) is 0.491. The highest BCUT2D eigenvalue weighted by Gasteiger charge is 2.42. The molecule has 0 fully saturated rings. The second-order valence-corrected chi connectivity index (χ2v) is 8.07. The highest BCUT2D eigenvalue weighted by atomic mass is 16.3. The molecule has 5 rings (SSSR count). The van der Waals surface area contributed by atoms with Gasteiger partial charge < -0.3 is 13.9 Å². The maximum Gasteiger partial charge on any atom is 0.290 e. The molecule has 1 aliphatic rings. The molecule has 3 heterocycles. The summed E-state index contributed by atoms with van der Waals surface area (Å²) in [5.41, 5.74) is 3.74. The molecule has 6 heteroatoms. The summed E-state index contributed by atoms with van der Waals surface area (Å²) in [5.74, 6) is -0.0658. The second-order valence-electron chi connectivity index (χ2n) is 8.07. The maximum absolute atomic E-state index is 13.6. The molecule has 6 nitrogen and oxygen atoms in total. The molecular formula is C25H23N3O3. The van der Waals surface area contributed by atoms with Crippen LogP contribution in [0.1, 0.15) is 45.3 Å². The Morgan fingerprint density at radius 2 is 1.81 bits per heavy atom. The van der Waals surface area contributed by atoms with Crippen LogP contribution in [0.4, 0.5) is 0 Å². The van der Waals surface area contributed by atoms with E-state index in [4.69, 9.17) is 4.42 Å². The first-order valence-electron chi connectivity index (χ1n) is 10.4. The van der Waals surface area contributed by atoms with Gasteiger partial charge in [0.25, 0.3) is 5.91 Å². The molecule has 2 aromatic carbocycles. The maximum atomic E-state index is 13.6. The van der Waals surface area contributed by atoms with Gasteiger partial charge in [-0.25, -0.2) is 4.98 Å². The Labute approximate surface area is 179 Å². The molecule has 0 N–H and O–H groups in total. The minimum atomic E-state index is -0.450.